The maximum Gasteiger partial charge on any atom is 0.175 e. The van der Waals surface area contributed by atoms with Crippen molar-refractivity contribution >= 4 is 14.1 Å². The topological polar surface area (TPSA) is 44.5 Å². The van der Waals surface area contributed by atoms with Gasteiger partial charge in [-0.3, -0.25) is 0 Å². The second kappa shape index (κ2) is 6.78. The highest BCUT2D eigenvalue weighted by molar-refractivity contribution is 7.46. The van der Waals surface area contributed by atoms with Crippen molar-refractivity contribution in [3.63, 3.8) is 0 Å². The molecule has 1 rings (SSSR count). The summed E-state index contributed by atoms with van der Waals surface area (Å²) in [6.07, 6.45) is 0.831. The Morgan fingerprint density at radius 2 is 1.60 bits per heavy atom. The number of rotatable bonds is 6. The minimum atomic E-state index is -0.788. The van der Waals surface area contributed by atoms with Gasteiger partial charge < -0.3 is 14.8 Å². The van der Waals surface area contributed by atoms with Crippen LogP contribution in [0.4, 0.5) is 5.69 Å². The van der Waals surface area contributed by atoms with Crippen molar-refractivity contribution in [1.29, 1.82) is 0 Å². The van der Waals surface area contributed by atoms with Crippen molar-refractivity contribution in [2.45, 2.75) is 20.0 Å². The maximum atomic E-state index is 5.62. The molecule has 0 saturated carbocycles. The van der Waals surface area contributed by atoms with E-state index in [1.165, 1.54) is 5.56 Å². The van der Waals surface area contributed by atoms with Crippen molar-refractivity contribution in [2.24, 2.45) is 0 Å². The highest BCUT2D eigenvalue weighted by Gasteiger charge is 2.09. The SMILES string of the molecule is CCOP(Cc1ccc(N)cc1)OCC. The first-order valence-electron chi connectivity index (χ1n) is 5.14. The Bertz CT molecular complexity index is 270. The Balaban J connectivity index is 2.53. The Morgan fingerprint density at radius 3 is 2.07 bits per heavy atom. The molecule has 1 aromatic rings. The van der Waals surface area contributed by atoms with Gasteiger partial charge in [-0.25, -0.2) is 0 Å². The number of nitrogen functional groups attached to an aromatic ring is 1. The first-order chi connectivity index (χ1) is 7.26. The lowest BCUT2D eigenvalue weighted by Crippen LogP contribution is -1.94. The Labute approximate surface area is 92.5 Å². The lowest BCUT2D eigenvalue weighted by atomic mass is 10.2. The molecule has 1 aromatic carbocycles. The Morgan fingerprint density at radius 1 is 1.07 bits per heavy atom. The van der Waals surface area contributed by atoms with Gasteiger partial charge in [0.1, 0.15) is 0 Å². The van der Waals surface area contributed by atoms with Gasteiger partial charge in [-0.15, -0.1) is 0 Å². The molecule has 4 heteroatoms. The molecule has 0 aliphatic rings. The van der Waals surface area contributed by atoms with Gasteiger partial charge in [0.25, 0.3) is 0 Å². The largest absolute Gasteiger partial charge is 0.399 e. The highest BCUT2D eigenvalue weighted by atomic mass is 31.2. The van der Waals surface area contributed by atoms with Crippen LogP contribution in [0, 0.1) is 0 Å². The van der Waals surface area contributed by atoms with E-state index in [4.69, 9.17) is 14.8 Å². The third-order valence-corrected chi connectivity index (χ3v) is 3.55. The van der Waals surface area contributed by atoms with Crippen LogP contribution in [-0.2, 0) is 15.2 Å². The molecule has 2 N–H and O–H groups in total. The average Bonchev–Trinajstić information content (AvgIpc) is 2.22. The lowest BCUT2D eigenvalue weighted by Gasteiger charge is -2.15. The molecule has 0 fully saturated rings. The highest BCUT2D eigenvalue weighted by Crippen LogP contribution is 2.41. The van der Waals surface area contributed by atoms with Gasteiger partial charge in [0.05, 0.1) is 13.2 Å². The summed E-state index contributed by atoms with van der Waals surface area (Å²) in [5.41, 5.74) is 7.61. The van der Waals surface area contributed by atoms with E-state index in [1.807, 2.05) is 38.1 Å². The van der Waals surface area contributed by atoms with Crippen LogP contribution in [0.1, 0.15) is 19.4 Å². The fraction of sp³-hybridized carbons (Fsp3) is 0.455. The molecule has 0 aliphatic heterocycles. The first kappa shape index (κ1) is 12.4. The zero-order valence-electron chi connectivity index (χ0n) is 9.27. The lowest BCUT2D eigenvalue weighted by molar-refractivity contribution is 0.268. The van der Waals surface area contributed by atoms with E-state index in [9.17, 15) is 0 Å². The van der Waals surface area contributed by atoms with Crippen LogP contribution in [-0.4, -0.2) is 13.2 Å². The summed E-state index contributed by atoms with van der Waals surface area (Å²) < 4.78 is 11.1. The van der Waals surface area contributed by atoms with Crippen molar-refractivity contribution in [3.05, 3.63) is 29.8 Å². The van der Waals surface area contributed by atoms with Gasteiger partial charge in [0, 0.05) is 11.8 Å². The van der Waals surface area contributed by atoms with Gasteiger partial charge >= 0.3 is 0 Å². The van der Waals surface area contributed by atoms with E-state index >= 15 is 0 Å². The van der Waals surface area contributed by atoms with Gasteiger partial charge in [0.2, 0.25) is 0 Å². The molecule has 0 bridgehead atoms. The second-order valence-corrected chi connectivity index (χ2v) is 4.57. The predicted octanol–water partition coefficient (Wildman–Crippen LogP) is 3.15. The van der Waals surface area contributed by atoms with Crippen molar-refractivity contribution < 1.29 is 9.05 Å². The smallest absolute Gasteiger partial charge is 0.175 e. The fourth-order valence-electron chi connectivity index (χ4n) is 1.19. The quantitative estimate of drug-likeness (QED) is 0.599. The van der Waals surface area contributed by atoms with Crippen LogP contribution in [0.3, 0.4) is 0 Å². The second-order valence-electron chi connectivity index (χ2n) is 3.07. The van der Waals surface area contributed by atoms with E-state index in [-0.39, 0.29) is 0 Å². The van der Waals surface area contributed by atoms with Crippen molar-refractivity contribution in [1.82, 2.24) is 0 Å². The minimum Gasteiger partial charge on any atom is -0.399 e. The minimum absolute atomic E-state index is 0.695. The predicted molar refractivity (Wildman–Crippen MR) is 64.7 cm³/mol. The van der Waals surface area contributed by atoms with Gasteiger partial charge in [0.15, 0.2) is 8.38 Å². The van der Waals surface area contributed by atoms with Gasteiger partial charge in [-0.2, -0.15) is 0 Å². The summed E-state index contributed by atoms with van der Waals surface area (Å²) in [6.45, 7) is 5.36. The van der Waals surface area contributed by atoms with Crippen molar-refractivity contribution in [2.75, 3.05) is 18.9 Å². The summed E-state index contributed by atoms with van der Waals surface area (Å²) in [5.74, 6) is 0. The summed E-state index contributed by atoms with van der Waals surface area (Å²) in [5, 5.41) is 0. The van der Waals surface area contributed by atoms with Crippen LogP contribution < -0.4 is 5.73 Å². The van der Waals surface area contributed by atoms with Crippen LogP contribution in [0.5, 0.6) is 0 Å². The standard InChI is InChI=1S/C11H18NO2P/c1-3-13-15(14-4-2)9-10-5-7-11(12)8-6-10/h5-8H,3-4,9,12H2,1-2H3. The van der Waals surface area contributed by atoms with E-state index in [0.29, 0.717) is 13.2 Å². The summed E-state index contributed by atoms with van der Waals surface area (Å²) >= 11 is 0. The molecule has 0 saturated heterocycles. The number of nitrogens with two attached hydrogens (primary N) is 1. The van der Waals surface area contributed by atoms with E-state index < -0.39 is 8.38 Å². The number of hydrogen-bond donors (Lipinski definition) is 1. The van der Waals surface area contributed by atoms with Crippen LogP contribution in [0.2, 0.25) is 0 Å². The Hall–Kier alpha value is -0.630. The molecule has 0 aromatic heterocycles. The van der Waals surface area contributed by atoms with E-state index in [0.717, 1.165) is 11.8 Å². The molecular weight excluding hydrogens is 209 g/mol. The summed E-state index contributed by atoms with van der Waals surface area (Å²) in [6, 6.07) is 7.84. The molecular formula is C11H18NO2P. The van der Waals surface area contributed by atoms with Crippen LogP contribution in [0.15, 0.2) is 24.3 Å². The van der Waals surface area contributed by atoms with Crippen LogP contribution >= 0.6 is 8.38 Å². The average molecular weight is 227 g/mol. The number of anilines is 1. The molecule has 84 valence electrons. The molecule has 0 heterocycles. The molecule has 0 spiro atoms. The molecule has 0 unspecified atom stereocenters. The third-order valence-electron chi connectivity index (χ3n) is 1.84. The van der Waals surface area contributed by atoms with E-state index in [1.54, 1.807) is 0 Å². The monoisotopic (exact) mass is 227 g/mol. The molecule has 0 aliphatic carbocycles. The van der Waals surface area contributed by atoms with Gasteiger partial charge in [-0.05, 0) is 31.5 Å². The van der Waals surface area contributed by atoms with Crippen molar-refractivity contribution in [3.8, 4) is 0 Å². The molecule has 15 heavy (non-hydrogen) atoms. The molecule has 0 radical (unpaired) electrons. The molecule has 0 atom stereocenters. The normalized spacial score (nSPS) is 10.9. The van der Waals surface area contributed by atoms with E-state index in [2.05, 4.69) is 0 Å². The Kier molecular flexibility index (Phi) is 5.62. The number of benzene rings is 1. The summed E-state index contributed by atoms with van der Waals surface area (Å²) in [7, 11) is -0.788. The zero-order valence-corrected chi connectivity index (χ0v) is 10.2. The third kappa shape index (κ3) is 4.61. The zero-order chi connectivity index (χ0) is 11.1. The summed E-state index contributed by atoms with van der Waals surface area (Å²) in [4.78, 5) is 0. The molecule has 0 amide bonds. The molecule has 3 nitrogen and oxygen atoms in total. The fourth-order valence-corrected chi connectivity index (χ4v) is 2.53. The van der Waals surface area contributed by atoms with Gasteiger partial charge in [-0.1, -0.05) is 12.1 Å². The van der Waals surface area contributed by atoms with Crippen LogP contribution in [0.25, 0.3) is 0 Å². The first-order valence-corrected chi connectivity index (χ1v) is 6.50. The maximum absolute atomic E-state index is 5.62. The number of hydrogen-bond acceptors (Lipinski definition) is 3.